The van der Waals surface area contributed by atoms with Crippen LogP contribution in [0.5, 0.6) is 5.75 Å². The lowest BCUT2D eigenvalue weighted by molar-refractivity contribution is -0.385. The average molecular weight is 357 g/mol. The van der Waals surface area contributed by atoms with E-state index in [1.165, 1.54) is 12.1 Å². The van der Waals surface area contributed by atoms with Crippen LogP contribution in [0.4, 0.5) is 5.69 Å². The zero-order valence-electron chi connectivity index (χ0n) is 11.1. The highest BCUT2D eigenvalue weighted by molar-refractivity contribution is 9.10. The first-order valence-electron chi connectivity index (χ1n) is 6.34. The number of nitro groups is 1. The van der Waals surface area contributed by atoms with Gasteiger partial charge in [0.15, 0.2) is 6.61 Å². The maximum atomic E-state index is 11.9. The molecule has 1 aromatic carbocycles. The Bertz CT molecular complexity index is 580. The van der Waals surface area contributed by atoms with Gasteiger partial charge in [0, 0.05) is 32.0 Å². The third-order valence-corrected chi connectivity index (χ3v) is 3.96. The molecule has 0 bridgehead atoms. The number of carbonyl (C=O) groups is 2. The number of Topliss-reactive ketones (excluding diaryl/α,β-unsaturated/α-hetero) is 1. The molecule has 0 unspecified atom stereocenters. The quantitative estimate of drug-likeness (QED) is 0.607. The summed E-state index contributed by atoms with van der Waals surface area (Å²) in [6.07, 6.45) is 0.735. The number of rotatable bonds is 4. The second-order valence-electron chi connectivity index (χ2n) is 4.55. The standard InChI is InChI=1S/C13H13BrN2O5/c14-13-10(16(19)20)2-1-3-11(13)21-8-12(18)15-6-4-9(17)5-7-15/h1-3H,4-8H2. The molecule has 0 saturated carbocycles. The summed E-state index contributed by atoms with van der Waals surface area (Å²) in [5.41, 5.74) is -0.122. The lowest BCUT2D eigenvalue weighted by Gasteiger charge is -2.26. The van der Waals surface area contributed by atoms with Crippen molar-refractivity contribution >= 4 is 33.3 Å². The maximum absolute atomic E-state index is 11.9. The van der Waals surface area contributed by atoms with E-state index < -0.39 is 4.92 Å². The minimum Gasteiger partial charge on any atom is -0.482 e. The molecule has 7 nitrogen and oxygen atoms in total. The van der Waals surface area contributed by atoms with Gasteiger partial charge in [-0.15, -0.1) is 0 Å². The van der Waals surface area contributed by atoms with E-state index >= 15 is 0 Å². The van der Waals surface area contributed by atoms with Crippen LogP contribution in [0.25, 0.3) is 0 Å². The molecule has 21 heavy (non-hydrogen) atoms. The number of piperidine rings is 1. The summed E-state index contributed by atoms with van der Waals surface area (Å²) in [6.45, 7) is 0.586. The van der Waals surface area contributed by atoms with Gasteiger partial charge in [-0.25, -0.2) is 0 Å². The molecule has 0 spiro atoms. The molecule has 0 atom stereocenters. The van der Waals surface area contributed by atoms with Crippen molar-refractivity contribution < 1.29 is 19.2 Å². The second kappa shape index (κ2) is 6.66. The summed E-state index contributed by atoms with van der Waals surface area (Å²) >= 11 is 3.10. The minimum absolute atomic E-state index is 0.122. The number of carbonyl (C=O) groups excluding carboxylic acids is 2. The van der Waals surface area contributed by atoms with Crippen LogP contribution in [-0.2, 0) is 9.59 Å². The van der Waals surface area contributed by atoms with Crippen molar-refractivity contribution in [2.75, 3.05) is 19.7 Å². The molecule has 1 aromatic rings. The van der Waals surface area contributed by atoms with Gasteiger partial charge in [0.05, 0.1) is 4.92 Å². The molecular weight excluding hydrogens is 344 g/mol. The van der Waals surface area contributed by atoms with E-state index in [-0.39, 0.29) is 34.2 Å². The predicted octanol–water partition coefficient (Wildman–Crippen LogP) is 1.93. The van der Waals surface area contributed by atoms with Gasteiger partial charge in [-0.3, -0.25) is 19.7 Å². The Morgan fingerprint density at radius 2 is 2.05 bits per heavy atom. The Morgan fingerprint density at radius 1 is 1.38 bits per heavy atom. The van der Waals surface area contributed by atoms with Gasteiger partial charge in [-0.1, -0.05) is 6.07 Å². The Hall–Kier alpha value is -1.96. The molecular formula is C13H13BrN2O5. The smallest absolute Gasteiger partial charge is 0.287 e. The van der Waals surface area contributed by atoms with Crippen LogP contribution in [0.1, 0.15) is 12.8 Å². The van der Waals surface area contributed by atoms with Gasteiger partial charge in [0.25, 0.3) is 11.6 Å². The number of halogens is 1. The SMILES string of the molecule is O=C1CCN(C(=O)COc2cccc([N+](=O)[O-])c2Br)CC1. The first kappa shape index (κ1) is 15.4. The van der Waals surface area contributed by atoms with Gasteiger partial charge >= 0.3 is 0 Å². The van der Waals surface area contributed by atoms with E-state index in [2.05, 4.69) is 15.9 Å². The molecule has 1 aliphatic heterocycles. The fraction of sp³-hybridized carbons (Fsp3) is 0.385. The van der Waals surface area contributed by atoms with Crippen molar-refractivity contribution in [2.45, 2.75) is 12.8 Å². The number of likely N-dealkylation sites (tertiary alicyclic amines) is 1. The number of benzene rings is 1. The number of hydrogen-bond donors (Lipinski definition) is 0. The molecule has 0 N–H and O–H groups in total. The number of ketones is 1. The van der Waals surface area contributed by atoms with E-state index in [0.29, 0.717) is 25.9 Å². The normalized spacial score (nSPS) is 14.9. The lowest BCUT2D eigenvalue weighted by atomic mass is 10.1. The van der Waals surface area contributed by atoms with Gasteiger partial charge in [0.1, 0.15) is 16.0 Å². The fourth-order valence-electron chi connectivity index (χ4n) is 1.99. The largest absolute Gasteiger partial charge is 0.482 e. The molecule has 1 aliphatic rings. The Morgan fingerprint density at radius 3 is 2.67 bits per heavy atom. The van der Waals surface area contributed by atoms with E-state index in [1.54, 1.807) is 11.0 Å². The zero-order valence-corrected chi connectivity index (χ0v) is 12.7. The van der Waals surface area contributed by atoms with Crippen molar-refractivity contribution in [1.82, 2.24) is 4.90 Å². The van der Waals surface area contributed by atoms with Crippen LogP contribution in [-0.4, -0.2) is 41.2 Å². The first-order chi connectivity index (χ1) is 9.99. The van der Waals surface area contributed by atoms with Crippen molar-refractivity contribution in [3.8, 4) is 5.75 Å². The molecule has 8 heteroatoms. The third kappa shape index (κ3) is 3.78. The van der Waals surface area contributed by atoms with Crippen molar-refractivity contribution in [1.29, 1.82) is 0 Å². The van der Waals surface area contributed by atoms with Crippen LogP contribution in [0.15, 0.2) is 22.7 Å². The number of nitro benzene ring substituents is 1. The van der Waals surface area contributed by atoms with E-state index in [9.17, 15) is 19.7 Å². The van der Waals surface area contributed by atoms with Crippen LogP contribution < -0.4 is 4.74 Å². The molecule has 0 aliphatic carbocycles. The Kier molecular flexibility index (Phi) is 4.89. The van der Waals surface area contributed by atoms with Crippen molar-refractivity contribution in [3.63, 3.8) is 0 Å². The molecule has 112 valence electrons. The summed E-state index contributed by atoms with van der Waals surface area (Å²) in [6, 6.07) is 4.38. The number of amides is 1. The van der Waals surface area contributed by atoms with E-state index in [0.717, 1.165) is 0 Å². The van der Waals surface area contributed by atoms with Crippen LogP contribution in [0.2, 0.25) is 0 Å². The van der Waals surface area contributed by atoms with E-state index in [4.69, 9.17) is 4.74 Å². The monoisotopic (exact) mass is 356 g/mol. The zero-order chi connectivity index (χ0) is 15.4. The average Bonchev–Trinajstić information content (AvgIpc) is 2.46. The molecule has 0 aromatic heterocycles. The Labute approximate surface area is 129 Å². The highest BCUT2D eigenvalue weighted by atomic mass is 79.9. The summed E-state index contributed by atoms with van der Waals surface area (Å²) in [4.78, 5) is 34.9. The fourth-order valence-corrected chi connectivity index (χ4v) is 2.51. The number of hydrogen-bond acceptors (Lipinski definition) is 5. The molecule has 2 rings (SSSR count). The summed E-state index contributed by atoms with van der Waals surface area (Å²) in [5, 5.41) is 10.8. The van der Waals surface area contributed by atoms with Crippen LogP contribution >= 0.6 is 15.9 Å². The third-order valence-electron chi connectivity index (χ3n) is 3.16. The van der Waals surface area contributed by atoms with Gasteiger partial charge in [-0.2, -0.15) is 0 Å². The van der Waals surface area contributed by atoms with Gasteiger partial charge < -0.3 is 9.64 Å². The molecule has 1 heterocycles. The summed E-state index contributed by atoms with van der Waals surface area (Å²) in [5.74, 6) is 0.160. The van der Waals surface area contributed by atoms with Crippen LogP contribution in [0, 0.1) is 10.1 Å². The van der Waals surface area contributed by atoms with Crippen molar-refractivity contribution in [2.24, 2.45) is 0 Å². The topological polar surface area (TPSA) is 89.8 Å². The van der Waals surface area contributed by atoms with Gasteiger partial charge in [0.2, 0.25) is 0 Å². The summed E-state index contributed by atoms with van der Waals surface area (Å²) in [7, 11) is 0. The number of ether oxygens (including phenoxy) is 1. The van der Waals surface area contributed by atoms with Crippen molar-refractivity contribution in [3.05, 3.63) is 32.8 Å². The molecule has 1 fully saturated rings. The minimum atomic E-state index is -0.533. The lowest BCUT2D eigenvalue weighted by Crippen LogP contribution is -2.41. The maximum Gasteiger partial charge on any atom is 0.287 e. The first-order valence-corrected chi connectivity index (χ1v) is 7.13. The highest BCUT2D eigenvalue weighted by Crippen LogP contribution is 2.33. The van der Waals surface area contributed by atoms with E-state index in [1.807, 2.05) is 0 Å². The van der Waals surface area contributed by atoms with Gasteiger partial charge in [-0.05, 0) is 22.0 Å². The highest BCUT2D eigenvalue weighted by Gasteiger charge is 2.22. The second-order valence-corrected chi connectivity index (χ2v) is 5.35. The molecule has 1 saturated heterocycles. The molecule has 1 amide bonds. The molecule has 0 radical (unpaired) electrons. The Balaban J connectivity index is 1.97. The predicted molar refractivity (Wildman–Crippen MR) is 77.1 cm³/mol. The summed E-state index contributed by atoms with van der Waals surface area (Å²) < 4.78 is 5.55. The van der Waals surface area contributed by atoms with Crippen LogP contribution in [0.3, 0.4) is 0 Å². The number of nitrogens with zero attached hydrogens (tertiary/aromatic N) is 2.